The summed E-state index contributed by atoms with van der Waals surface area (Å²) >= 11 is 6.18. The Labute approximate surface area is 200 Å². The molecule has 0 spiro atoms. The van der Waals surface area contributed by atoms with Crippen LogP contribution >= 0.6 is 35.6 Å². The Balaban J connectivity index is 0.00000320. The summed E-state index contributed by atoms with van der Waals surface area (Å²) in [5, 5.41) is 17.8. The first-order chi connectivity index (χ1) is 14.1. The summed E-state index contributed by atoms with van der Waals surface area (Å²) in [5.41, 5.74) is 1.80. The molecule has 3 N–H and O–H groups in total. The van der Waals surface area contributed by atoms with Crippen LogP contribution in [0.25, 0.3) is 0 Å². The molecule has 0 saturated carbocycles. The van der Waals surface area contributed by atoms with Crippen molar-refractivity contribution in [2.24, 2.45) is 4.99 Å². The van der Waals surface area contributed by atoms with Crippen LogP contribution in [0.2, 0.25) is 5.02 Å². The highest BCUT2D eigenvalue weighted by Crippen LogP contribution is 2.30. The molecule has 2 aromatic rings. The number of nitrogens with zero attached hydrogens (tertiary/aromatic N) is 2. The van der Waals surface area contributed by atoms with Crippen LogP contribution in [-0.4, -0.2) is 50.4 Å². The first-order valence-corrected chi connectivity index (χ1v) is 10.4. The van der Waals surface area contributed by atoms with Crippen LogP contribution in [0.1, 0.15) is 25.0 Å². The van der Waals surface area contributed by atoms with Crippen molar-refractivity contribution in [2.75, 3.05) is 38.2 Å². The van der Waals surface area contributed by atoms with Gasteiger partial charge >= 0.3 is 0 Å². The highest BCUT2D eigenvalue weighted by molar-refractivity contribution is 14.0. The molecule has 1 saturated heterocycles. The van der Waals surface area contributed by atoms with Gasteiger partial charge in [0.15, 0.2) is 5.96 Å². The molecule has 3 rings (SSSR count). The minimum atomic E-state index is -0.743. The highest BCUT2D eigenvalue weighted by Gasteiger charge is 2.25. The number of rotatable bonds is 7. The number of para-hydroxylation sites is 2. The fraction of sp³-hybridized carbons (Fsp3) is 0.409. The van der Waals surface area contributed by atoms with Gasteiger partial charge in [-0.05, 0) is 31.5 Å². The Bertz CT molecular complexity index is 836. The van der Waals surface area contributed by atoms with Crippen LogP contribution < -0.4 is 20.3 Å². The summed E-state index contributed by atoms with van der Waals surface area (Å²) in [6, 6.07) is 15.6. The molecule has 164 valence electrons. The Morgan fingerprint density at radius 1 is 1.27 bits per heavy atom. The second-order valence-corrected chi connectivity index (χ2v) is 7.41. The van der Waals surface area contributed by atoms with Crippen LogP contribution in [-0.2, 0) is 0 Å². The maximum Gasteiger partial charge on any atom is 0.191 e. The molecule has 2 unspecified atom stereocenters. The number of aliphatic hydroxyl groups excluding tert-OH is 1. The fourth-order valence-electron chi connectivity index (χ4n) is 3.52. The molecule has 1 fully saturated rings. The molecule has 8 heteroatoms. The quantitative estimate of drug-likeness (QED) is 0.281. The lowest BCUT2D eigenvalue weighted by atomic mass is 10.1. The summed E-state index contributed by atoms with van der Waals surface area (Å²) < 4.78 is 5.49. The van der Waals surface area contributed by atoms with Gasteiger partial charge in [-0.1, -0.05) is 41.9 Å². The van der Waals surface area contributed by atoms with Crippen molar-refractivity contribution in [1.29, 1.82) is 0 Å². The van der Waals surface area contributed by atoms with E-state index in [0.717, 1.165) is 37.5 Å². The first kappa shape index (κ1) is 24.6. The van der Waals surface area contributed by atoms with E-state index in [1.807, 2.05) is 43.3 Å². The van der Waals surface area contributed by atoms with Gasteiger partial charge in [-0.25, -0.2) is 0 Å². The van der Waals surface area contributed by atoms with Gasteiger partial charge in [-0.15, -0.1) is 24.0 Å². The number of benzene rings is 2. The van der Waals surface area contributed by atoms with Crippen molar-refractivity contribution in [2.45, 2.75) is 25.5 Å². The summed E-state index contributed by atoms with van der Waals surface area (Å²) in [4.78, 5) is 6.89. The van der Waals surface area contributed by atoms with Crippen molar-refractivity contribution < 1.29 is 9.84 Å². The van der Waals surface area contributed by atoms with Crippen LogP contribution in [0.15, 0.2) is 53.5 Å². The van der Waals surface area contributed by atoms with Gasteiger partial charge in [0.05, 0.1) is 19.3 Å². The van der Waals surface area contributed by atoms with Crippen LogP contribution in [0.5, 0.6) is 5.75 Å². The molecule has 2 aromatic carbocycles. The van der Waals surface area contributed by atoms with E-state index >= 15 is 0 Å². The van der Waals surface area contributed by atoms with Gasteiger partial charge in [0.2, 0.25) is 0 Å². The van der Waals surface area contributed by atoms with Gasteiger partial charge in [0, 0.05) is 36.3 Å². The topological polar surface area (TPSA) is 69.1 Å². The van der Waals surface area contributed by atoms with E-state index in [2.05, 4.69) is 26.6 Å². The van der Waals surface area contributed by atoms with Gasteiger partial charge in [-0.2, -0.15) is 0 Å². The predicted molar refractivity (Wildman–Crippen MR) is 135 cm³/mol. The number of aliphatic imine (C=N–C) groups is 1. The zero-order valence-corrected chi connectivity index (χ0v) is 20.4. The molecular formula is C22H30ClIN4O2. The van der Waals surface area contributed by atoms with Crippen molar-refractivity contribution in [3.05, 3.63) is 59.1 Å². The number of nitrogens with one attached hydrogen (secondary N) is 2. The number of aliphatic hydroxyl groups is 1. The molecule has 0 amide bonds. The first-order valence-electron chi connectivity index (χ1n) is 9.97. The maximum absolute atomic E-state index is 10.5. The molecule has 0 aromatic heterocycles. The summed E-state index contributed by atoms with van der Waals surface area (Å²) in [7, 11) is 1.70. The van der Waals surface area contributed by atoms with E-state index < -0.39 is 6.10 Å². The number of guanidine groups is 1. The van der Waals surface area contributed by atoms with Crippen molar-refractivity contribution in [1.82, 2.24) is 10.6 Å². The average molecular weight is 545 g/mol. The number of halogens is 2. The van der Waals surface area contributed by atoms with Crippen LogP contribution in [0.3, 0.4) is 0 Å². The number of hydrogen-bond acceptors (Lipinski definition) is 4. The molecule has 0 radical (unpaired) electrons. The van der Waals surface area contributed by atoms with Crippen molar-refractivity contribution >= 4 is 47.2 Å². The molecule has 6 nitrogen and oxygen atoms in total. The Kier molecular flexibility index (Phi) is 10.0. The maximum atomic E-state index is 10.5. The monoisotopic (exact) mass is 544 g/mol. The summed E-state index contributed by atoms with van der Waals surface area (Å²) in [5.74, 6) is 1.59. The molecule has 1 heterocycles. The number of methoxy groups -OCH3 is 1. The minimum Gasteiger partial charge on any atom is -0.495 e. The fourth-order valence-corrected chi connectivity index (χ4v) is 3.78. The lowest BCUT2D eigenvalue weighted by Crippen LogP contribution is -2.44. The number of anilines is 1. The van der Waals surface area contributed by atoms with Crippen molar-refractivity contribution in [3.63, 3.8) is 0 Å². The molecule has 1 aliphatic rings. The molecule has 2 atom stereocenters. The molecule has 1 aliphatic heterocycles. The molecular weight excluding hydrogens is 515 g/mol. The zero-order chi connectivity index (χ0) is 20.6. The lowest BCUT2D eigenvalue weighted by Gasteiger charge is -2.22. The summed E-state index contributed by atoms with van der Waals surface area (Å²) in [6.07, 6.45) is 0.253. The van der Waals surface area contributed by atoms with Gasteiger partial charge in [-0.3, -0.25) is 4.99 Å². The SMILES string of the molecule is CCNC(=NCC(O)c1ccccc1Cl)NC1CCN(c2ccccc2OC)C1.I. The largest absolute Gasteiger partial charge is 0.495 e. The second-order valence-electron chi connectivity index (χ2n) is 7.00. The third kappa shape index (κ3) is 6.39. The van der Waals surface area contributed by atoms with E-state index in [-0.39, 0.29) is 36.6 Å². The Morgan fingerprint density at radius 3 is 2.73 bits per heavy atom. The van der Waals surface area contributed by atoms with Gasteiger partial charge < -0.3 is 25.4 Å². The summed E-state index contributed by atoms with van der Waals surface area (Å²) in [6.45, 7) is 4.81. The van der Waals surface area contributed by atoms with Gasteiger partial charge in [0.1, 0.15) is 11.9 Å². The average Bonchev–Trinajstić information content (AvgIpc) is 3.20. The van der Waals surface area contributed by atoms with E-state index in [9.17, 15) is 5.11 Å². The van der Waals surface area contributed by atoms with Crippen LogP contribution in [0, 0.1) is 0 Å². The lowest BCUT2D eigenvalue weighted by molar-refractivity contribution is 0.187. The van der Waals surface area contributed by atoms with E-state index in [1.165, 1.54) is 0 Å². The molecule has 0 bridgehead atoms. The Morgan fingerprint density at radius 2 is 2.00 bits per heavy atom. The van der Waals surface area contributed by atoms with Crippen molar-refractivity contribution in [3.8, 4) is 5.75 Å². The van der Waals surface area contributed by atoms with E-state index in [0.29, 0.717) is 16.5 Å². The molecule has 0 aliphatic carbocycles. The molecule has 30 heavy (non-hydrogen) atoms. The smallest absolute Gasteiger partial charge is 0.191 e. The highest BCUT2D eigenvalue weighted by atomic mass is 127. The van der Waals surface area contributed by atoms with E-state index in [4.69, 9.17) is 16.3 Å². The Hall–Kier alpha value is -1.71. The number of hydrogen-bond donors (Lipinski definition) is 3. The second kappa shape index (κ2) is 12.2. The standard InChI is InChI=1S/C22H29ClN4O2.HI/c1-3-24-22(25-14-20(28)17-8-4-5-9-18(17)23)26-16-12-13-27(15-16)19-10-6-7-11-21(19)29-2;/h4-11,16,20,28H,3,12-15H2,1-2H3,(H2,24,25,26);1H. The van der Waals surface area contributed by atoms with Crippen LogP contribution in [0.4, 0.5) is 5.69 Å². The van der Waals surface area contributed by atoms with Gasteiger partial charge in [0.25, 0.3) is 0 Å². The minimum absolute atomic E-state index is 0. The normalized spacial score (nSPS) is 17.3. The third-order valence-electron chi connectivity index (χ3n) is 4.99. The third-order valence-corrected chi connectivity index (χ3v) is 5.33. The number of ether oxygens (including phenoxy) is 1. The van der Waals surface area contributed by atoms with E-state index in [1.54, 1.807) is 13.2 Å². The zero-order valence-electron chi connectivity index (χ0n) is 17.3. The predicted octanol–water partition coefficient (Wildman–Crippen LogP) is 3.83.